The Balaban J connectivity index is 1.41. The average Bonchev–Trinajstić information content (AvgIpc) is 2.96. The van der Waals surface area contributed by atoms with Gasteiger partial charge in [-0.2, -0.15) is 18.3 Å². The fourth-order valence-corrected chi connectivity index (χ4v) is 4.85. The number of hydrogen-bond donors (Lipinski definition) is 1. The Kier molecular flexibility index (Phi) is 4.07. The molecule has 138 valence electrons. The maximum Gasteiger partial charge on any atom is 0.435 e. The summed E-state index contributed by atoms with van der Waals surface area (Å²) in [4.78, 5) is 12.4. The van der Waals surface area contributed by atoms with Crippen LogP contribution in [0.15, 0.2) is 6.07 Å². The molecule has 3 fully saturated rings. The zero-order valence-electron chi connectivity index (χ0n) is 14.4. The van der Waals surface area contributed by atoms with Crippen LogP contribution < -0.4 is 5.32 Å². The van der Waals surface area contributed by atoms with Gasteiger partial charge < -0.3 is 5.32 Å². The molecule has 0 aliphatic heterocycles. The molecule has 4 rings (SSSR count). The van der Waals surface area contributed by atoms with Crippen molar-refractivity contribution in [3.8, 4) is 0 Å². The number of carbonyl (C=O) groups excluding carboxylic acids is 1. The highest BCUT2D eigenvalue weighted by molar-refractivity contribution is 5.76. The lowest BCUT2D eigenvalue weighted by Crippen LogP contribution is -2.41. The smallest absolute Gasteiger partial charge is 0.352 e. The monoisotopic (exact) mass is 355 g/mol. The molecule has 2 bridgehead atoms. The van der Waals surface area contributed by atoms with Gasteiger partial charge in [-0.1, -0.05) is 6.42 Å². The highest BCUT2D eigenvalue weighted by atomic mass is 19.4. The van der Waals surface area contributed by atoms with E-state index in [1.807, 2.05) is 6.92 Å². The summed E-state index contributed by atoms with van der Waals surface area (Å²) >= 11 is 0. The largest absolute Gasteiger partial charge is 0.435 e. The Morgan fingerprint density at radius 1 is 1.32 bits per heavy atom. The van der Waals surface area contributed by atoms with Crippen molar-refractivity contribution in [2.45, 2.75) is 70.1 Å². The molecular formula is C18H24F3N3O. The number of nitrogens with one attached hydrogen (secondary N) is 1. The Hall–Kier alpha value is -1.53. The predicted octanol–water partition coefficient (Wildman–Crippen LogP) is 3.72. The van der Waals surface area contributed by atoms with E-state index in [1.54, 1.807) is 0 Å². The molecule has 4 nitrogen and oxygen atoms in total. The Bertz CT molecular complexity index is 665. The van der Waals surface area contributed by atoms with Crippen LogP contribution in [0.3, 0.4) is 0 Å². The van der Waals surface area contributed by atoms with E-state index in [2.05, 4.69) is 10.4 Å². The first-order valence-corrected chi connectivity index (χ1v) is 9.25. The molecule has 1 aromatic rings. The number of hydrogen-bond acceptors (Lipinski definition) is 2. The van der Waals surface area contributed by atoms with Gasteiger partial charge in [0.15, 0.2) is 5.69 Å². The predicted molar refractivity (Wildman–Crippen MR) is 85.7 cm³/mol. The molecule has 3 aliphatic rings. The van der Waals surface area contributed by atoms with Crippen LogP contribution >= 0.6 is 0 Å². The topological polar surface area (TPSA) is 46.9 Å². The minimum absolute atomic E-state index is 0.0739. The number of alkyl halides is 3. The average molecular weight is 355 g/mol. The highest BCUT2D eigenvalue weighted by Gasteiger charge is 2.42. The standard InChI is InChI=1S/C18H24F3N3O/c1-10(14-7-11-2-3-13(14)6-11)22-17(25)9-24-15(12-4-5-12)8-16(23-24)18(19,20)21/h8,10-14H,2-7,9H2,1H3,(H,22,25)/t10-,11+,13+,14-/m1/s1. The zero-order chi connectivity index (χ0) is 17.8. The van der Waals surface area contributed by atoms with Crippen LogP contribution in [-0.2, 0) is 17.5 Å². The number of aromatic nitrogens is 2. The van der Waals surface area contributed by atoms with Gasteiger partial charge in [-0.05, 0) is 62.8 Å². The molecule has 25 heavy (non-hydrogen) atoms. The lowest BCUT2D eigenvalue weighted by atomic mass is 9.84. The van der Waals surface area contributed by atoms with E-state index in [0.29, 0.717) is 17.5 Å². The molecule has 1 amide bonds. The number of amides is 1. The molecular weight excluding hydrogens is 331 g/mol. The summed E-state index contributed by atoms with van der Waals surface area (Å²) in [6.45, 7) is 1.89. The summed E-state index contributed by atoms with van der Waals surface area (Å²) in [5, 5.41) is 6.67. The van der Waals surface area contributed by atoms with Crippen molar-refractivity contribution >= 4 is 5.91 Å². The SMILES string of the molecule is C[C@@H](NC(=O)Cn1nc(C(F)(F)F)cc1C1CC1)[C@H]1C[C@H]2CC[C@H]1C2. The summed E-state index contributed by atoms with van der Waals surface area (Å²) in [5.74, 6) is 1.88. The maximum absolute atomic E-state index is 12.9. The lowest BCUT2D eigenvalue weighted by Gasteiger charge is -2.28. The van der Waals surface area contributed by atoms with Gasteiger partial charge in [0.1, 0.15) is 6.54 Å². The third-order valence-corrected chi connectivity index (χ3v) is 6.21. The van der Waals surface area contributed by atoms with Crippen molar-refractivity contribution in [1.29, 1.82) is 0 Å². The van der Waals surface area contributed by atoms with Crippen molar-refractivity contribution in [3.05, 3.63) is 17.5 Å². The van der Waals surface area contributed by atoms with Crippen LogP contribution in [0.5, 0.6) is 0 Å². The first-order chi connectivity index (χ1) is 11.8. The second-order valence-corrected chi connectivity index (χ2v) is 8.08. The van der Waals surface area contributed by atoms with Crippen LogP contribution in [0, 0.1) is 17.8 Å². The second kappa shape index (κ2) is 6.02. The van der Waals surface area contributed by atoms with Gasteiger partial charge in [-0.25, -0.2) is 0 Å². The van der Waals surface area contributed by atoms with Gasteiger partial charge in [-0.3, -0.25) is 9.48 Å². The molecule has 1 N–H and O–H groups in total. The van der Waals surface area contributed by atoms with Crippen molar-refractivity contribution in [2.75, 3.05) is 0 Å². The minimum Gasteiger partial charge on any atom is -0.352 e. The Labute approximate surface area is 145 Å². The van der Waals surface area contributed by atoms with E-state index >= 15 is 0 Å². The van der Waals surface area contributed by atoms with E-state index in [9.17, 15) is 18.0 Å². The molecule has 4 atom stereocenters. The molecule has 1 aromatic heterocycles. The first-order valence-electron chi connectivity index (χ1n) is 9.25. The molecule has 3 saturated carbocycles. The molecule has 3 aliphatic carbocycles. The molecule has 1 heterocycles. The Morgan fingerprint density at radius 3 is 2.64 bits per heavy atom. The number of halogens is 3. The summed E-state index contributed by atoms with van der Waals surface area (Å²) in [6, 6.07) is 1.18. The minimum atomic E-state index is -4.47. The normalized spacial score (nSPS) is 29.8. The number of fused-ring (bicyclic) bond motifs is 2. The summed E-state index contributed by atoms with van der Waals surface area (Å²) in [6.07, 6.45) is 2.25. The molecule has 0 aromatic carbocycles. The van der Waals surface area contributed by atoms with Crippen LogP contribution in [0.4, 0.5) is 13.2 Å². The number of carbonyl (C=O) groups is 1. The van der Waals surface area contributed by atoms with Gasteiger partial charge in [0.05, 0.1) is 0 Å². The van der Waals surface area contributed by atoms with E-state index in [0.717, 1.165) is 24.8 Å². The first kappa shape index (κ1) is 16.9. The van der Waals surface area contributed by atoms with Gasteiger partial charge in [0.25, 0.3) is 0 Å². The van der Waals surface area contributed by atoms with Gasteiger partial charge >= 0.3 is 6.18 Å². The fraction of sp³-hybridized carbons (Fsp3) is 0.778. The quantitative estimate of drug-likeness (QED) is 0.875. The summed E-state index contributed by atoms with van der Waals surface area (Å²) in [5.41, 5.74) is -0.363. The number of rotatable bonds is 5. The van der Waals surface area contributed by atoms with Gasteiger partial charge in [0.2, 0.25) is 5.91 Å². The molecule has 0 spiro atoms. The molecule has 0 saturated heterocycles. The Morgan fingerprint density at radius 2 is 2.08 bits per heavy atom. The van der Waals surface area contributed by atoms with Crippen LogP contribution in [0.2, 0.25) is 0 Å². The fourth-order valence-electron chi connectivity index (χ4n) is 4.85. The molecule has 0 unspecified atom stereocenters. The van der Waals surface area contributed by atoms with Gasteiger partial charge in [-0.15, -0.1) is 0 Å². The summed E-state index contributed by atoms with van der Waals surface area (Å²) < 4.78 is 40.0. The van der Waals surface area contributed by atoms with Crippen LogP contribution in [0.25, 0.3) is 0 Å². The van der Waals surface area contributed by atoms with Crippen LogP contribution in [0.1, 0.15) is 62.8 Å². The van der Waals surface area contributed by atoms with E-state index < -0.39 is 11.9 Å². The molecule has 0 radical (unpaired) electrons. The van der Waals surface area contributed by atoms with Crippen molar-refractivity contribution < 1.29 is 18.0 Å². The van der Waals surface area contributed by atoms with E-state index in [4.69, 9.17) is 0 Å². The third-order valence-electron chi connectivity index (χ3n) is 6.21. The third kappa shape index (κ3) is 3.42. The van der Waals surface area contributed by atoms with Crippen molar-refractivity contribution in [1.82, 2.24) is 15.1 Å². The second-order valence-electron chi connectivity index (χ2n) is 8.08. The number of nitrogens with zero attached hydrogens (tertiary/aromatic N) is 2. The van der Waals surface area contributed by atoms with E-state index in [-0.39, 0.29) is 24.4 Å². The van der Waals surface area contributed by atoms with Gasteiger partial charge in [0, 0.05) is 17.7 Å². The van der Waals surface area contributed by atoms with E-state index in [1.165, 1.54) is 30.4 Å². The lowest BCUT2D eigenvalue weighted by molar-refractivity contribution is -0.141. The highest BCUT2D eigenvalue weighted by Crippen LogP contribution is 2.49. The zero-order valence-corrected chi connectivity index (χ0v) is 14.4. The molecule has 7 heteroatoms. The van der Waals surface area contributed by atoms with Crippen LogP contribution in [-0.4, -0.2) is 21.7 Å². The van der Waals surface area contributed by atoms with Crippen molar-refractivity contribution in [2.24, 2.45) is 17.8 Å². The summed E-state index contributed by atoms with van der Waals surface area (Å²) in [7, 11) is 0. The van der Waals surface area contributed by atoms with Crippen molar-refractivity contribution in [3.63, 3.8) is 0 Å². The maximum atomic E-state index is 12.9.